The van der Waals surface area contributed by atoms with E-state index in [0.29, 0.717) is 6.10 Å². The van der Waals surface area contributed by atoms with Gasteiger partial charge in [-0.1, -0.05) is 0 Å². The first kappa shape index (κ1) is 7.98. The van der Waals surface area contributed by atoms with Gasteiger partial charge in [0.2, 0.25) is 0 Å². The van der Waals surface area contributed by atoms with Gasteiger partial charge < -0.3 is 14.8 Å². The van der Waals surface area contributed by atoms with E-state index in [9.17, 15) is 0 Å². The van der Waals surface area contributed by atoms with Crippen LogP contribution in [0.25, 0.3) is 0 Å². The van der Waals surface area contributed by atoms with Crippen LogP contribution in [0, 0.1) is 0 Å². The monoisotopic (exact) mass is 145 g/mol. The summed E-state index contributed by atoms with van der Waals surface area (Å²) in [4.78, 5) is 0. The first-order valence-corrected chi connectivity index (χ1v) is 3.77. The van der Waals surface area contributed by atoms with Gasteiger partial charge in [0.1, 0.15) is 0 Å². The van der Waals surface area contributed by atoms with Crippen LogP contribution in [0.3, 0.4) is 0 Å². The van der Waals surface area contributed by atoms with Crippen LogP contribution >= 0.6 is 0 Å². The molecule has 0 aromatic carbocycles. The molecular weight excluding hydrogens is 130 g/mol. The lowest BCUT2D eigenvalue weighted by molar-refractivity contribution is -0.0900. The third-order valence-electron chi connectivity index (χ3n) is 1.60. The molecular formula is C7H15NO2. The molecule has 0 spiro atoms. The van der Waals surface area contributed by atoms with Crippen molar-refractivity contribution in [3.05, 3.63) is 0 Å². The summed E-state index contributed by atoms with van der Waals surface area (Å²) in [6.07, 6.45) is 1.37. The van der Waals surface area contributed by atoms with Crippen LogP contribution in [0.4, 0.5) is 0 Å². The number of nitrogens with one attached hydrogen (secondary N) is 1. The van der Waals surface area contributed by atoms with Gasteiger partial charge in [0.05, 0.1) is 25.9 Å². The fourth-order valence-corrected chi connectivity index (χ4v) is 1.01. The highest BCUT2D eigenvalue weighted by atomic mass is 16.6. The van der Waals surface area contributed by atoms with Crippen LogP contribution in [0.15, 0.2) is 0 Å². The van der Waals surface area contributed by atoms with E-state index >= 15 is 0 Å². The van der Waals surface area contributed by atoms with Crippen molar-refractivity contribution in [2.75, 3.05) is 33.4 Å². The molecule has 1 heterocycles. The van der Waals surface area contributed by atoms with Gasteiger partial charge in [-0.05, 0) is 20.0 Å². The third-order valence-corrected chi connectivity index (χ3v) is 1.60. The number of hydrogen-bond donors (Lipinski definition) is 1. The molecule has 0 radical (unpaired) electrons. The summed E-state index contributed by atoms with van der Waals surface area (Å²) < 4.78 is 10.6. The topological polar surface area (TPSA) is 30.5 Å². The molecule has 1 fully saturated rings. The van der Waals surface area contributed by atoms with Crippen molar-refractivity contribution in [1.82, 2.24) is 5.32 Å². The number of hydrogen-bond acceptors (Lipinski definition) is 3. The molecule has 1 unspecified atom stereocenters. The second-order valence-corrected chi connectivity index (χ2v) is 2.46. The summed E-state index contributed by atoms with van der Waals surface area (Å²) >= 11 is 0. The van der Waals surface area contributed by atoms with Crippen molar-refractivity contribution in [1.29, 1.82) is 0 Å². The van der Waals surface area contributed by atoms with Crippen molar-refractivity contribution in [3.8, 4) is 0 Å². The minimum atomic E-state index is 0.321. The Hall–Kier alpha value is -0.120. The zero-order chi connectivity index (χ0) is 7.23. The van der Waals surface area contributed by atoms with Crippen molar-refractivity contribution >= 4 is 0 Å². The lowest BCUT2D eigenvalue weighted by atomic mass is 10.2. The Morgan fingerprint density at radius 1 is 1.50 bits per heavy atom. The minimum Gasteiger partial charge on any atom is -0.376 e. The summed E-state index contributed by atoms with van der Waals surface area (Å²) in [6, 6.07) is 0. The smallest absolute Gasteiger partial charge is 0.0821 e. The Bertz CT molecular complexity index is 81.7. The highest BCUT2D eigenvalue weighted by molar-refractivity contribution is 4.61. The van der Waals surface area contributed by atoms with Crippen LogP contribution < -0.4 is 5.32 Å². The quantitative estimate of drug-likeness (QED) is 0.607. The van der Waals surface area contributed by atoms with E-state index in [1.807, 2.05) is 7.05 Å². The van der Waals surface area contributed by atoms with Gasteiger partial charge in [-0.25, -0.2) is 0 Å². The van der Waals surface area contributed by atoms with Crippen molar-refractivity contribution in [2.24, 2.45) is 0 Å². The Labute approximate surface area is 61.7 Å². The zero-order valence-corrected chi connectivity index (χ0v) is 6.43. The molecule has 1 N–H and O–H groups in total. The average molecular weight is 145 g/mol. The van der Waals surface area contributed by atoms with Crippen molar-refractivity contribution < 1.29 is 9.47 Å². The summed E-state index contributed by atoms with van der Waals surface area (Å²) in [5, 5.41) is 3.08. The fraction of sp³-hybridized carbons (Fsp3) is 1.00. The van der Waals surface area contributed by atoms with Crippen LogP contribution in [-0.4, -0.2) is 39.5 Å². The molecule has 0 aliphatic carbocycles. The highest BCUT2D eigenvalue weighted by Gasteiger charge is 2.12. The Morgan fingerprint density at radius 3 is 3.00 bits per heavy atom. The normalized spacial score (nSPS) is 26.7. The highest BCUT2D eigenvalue weighted by Crippen LogP contribution is 2.03. The summed E-state index contributed by atoms with van der Waals surface area (Å²) in [6.45, 7) is 3.29. The molecule has 10 heavy (non-hydrogen) atoms. The summed E-state index contributed by atoms with van der Waals surface area (Å²) in [7, 11) is 1.95. The fourth-order valence-electron chi connectivity index (χ4n) is 1.01. The Balaban J connectivity index is 2.02. The van der Waals surface area contributed by atoms with Crippen LogP contribution in [0.2, 0.25) is 0 Å². The van der Waals surface area contributed by atoms with Gasteiger partial charge in [0.15, 0.2) is 0 Å². The molecule has 1 aliphatic rings. The Kier molecular flexibility index (Phi) is 3.72. The van der Waals surface area contributed by atoms with Gasteiger partial charge in [0, 0.05) is 0 Å². The van der Waals surface area contributed by atoms with Gasteiger partial charge in [-0.15, -0.1) is 0 Å². The molecule has 0 amide bonds. The van der Waals surface area contributed by atoms with Crippen molar-refractivity contribution in [3.63, 3.8) is 0 Å². The first-order valence-electron chi connectivity index (χ1n) is 3.77. The maximum absolute atomic E-state index is 5.42. The van der Waals surface area contributed by atoms with Crippen LogP contribution in [0.1, 0.15) is 6.42 Å². The molecule has 0 saturated carbocycles. The standard InChI is InChI=1S/C7H15NO2/c1-8-3-2-7-6-9-4-5-10-7/h7-8H,2-6H2,1H3. The van der Waals surface area contributed by atoms with E-state index in [1.165, 1.54) is 0 Å². The van der Waals surface area contributed by atoms with Gasteiger partial charge in [-0.2, -0.15) is 0 Å². The third kappa shape index (κ3) is 2.64. The van der Waals surface area contributed by atoms with Gasteiger partial charge in [0.25, 0.3) is 0 Å². The van der Waals surface area contributed by atoms with E-state index in [-0.39, 0.29) is 0 Å². The number of rotatable bonds is 3. The molecule has 0 aromatic rings. The number of ether oxygens (including phenoxy) is 2. The Morgan fingerprint density at radius 2 is 2.40 bits per heavy atom. The molecule has 1 aliphatic heterocycles. The lowest BCUT2D eigenvalue weighted by Crippen LogP contribution is -2.30. The summed E-state index contributed by atoms with van der Waals surface area (Å²) in [5.74, 6) is 0. The maximum Gasteiger partial charge on any atom is 0.0821 e. The summed E-state index contributed by atoms with van der Waals surface area (Å²) in [5.41, 5.74) is 0. The molecule has 3 nitrogen and oxygen atoms in total. The van der Waals surface area contributed by atoms with Crippen LogP contribution in [-0.2, 0) is 9.47 Å². The van der Waals surface area contributed by atoms with Crippen LogP contribution in [0.5, 0.6) is 0 Å². The maximum atomic E-state index is 5.42. The SMILES string of the molecule is CNCCC1COCCO1. The zero-order valence-electron chi connectivity index (χ0n) is 6.43. The van der Waals surface area contributed by atoms with E-state index in [4.69, 9.17) is 9.47 Å². The lowest BCUT2D eigenvalue weighted by Gasteiger charge is -2.22. The largest absolute Gasteiger partial charge is 0.376 e. The molecule has 60 valence electrons. The predicted octanol–water partition coefficient (Wildman–Crippen LogP) is 0.0113. The molecule has 3 heteroatoms. The second kappa shape index (κ2) is 4.66. The predicted molar refractivity (Wildman–Crippen MR) is 39.1 cm³/mol. The molecule has 0 bridgehead atoms. The van der Waals surface area contributed by atoms with E-state index in [2.05, 4.69) is 5.32 Å². The second-order valence-electron chi connectivity index (χ2n) is 2.46. The van der Waals surface area contributed by atoms with Gasteiger partial charge in [-0.3, -0.25) is 0 Å². The van der Waals surface area contributed by atoms with Gasteiger partial charge >= 0.3 is 0 Å². The first-order chi connectivity index (χ1) is 4.93. The molecule has 1 rings (SSSR count). The minimum absolute atomic E-state index is 0.321. The molecule has 1 saturated heterocycles. The molecule has 1 atom stereocenters. The van der Waals surface area contributed by atoms with E-state index in [0.717, 1.165) is 32.8 Å². The van der Waals surface area contributed by atoms with Crippen molar-refractivity contribution in [2.45, 2.75) is 12.5 Å². The van der Waals surface area contributed by atoms with E-state index in [1.54, 1.807) is 0 Å². The average Bonchev–Trinajstić information content (AvgIpc) is 2.03. The van der Waals surface area contributed by atoms with E-state index < -0.39 is 0 Å². The molecule has 0 aromatic heterocycles.